The molecule has 162 valence electrons. The van der Waals surface area contributed by atoms with E-state index >= 15 is 0 Å². The molecule has 8 heteroatoms. The molecule has 1 aliphatic carbocycles. The first-order chi connectivity index (χ1) is 14.7. The summed E-state index contributed by atoms with van der Waals surface area (Å²) in [4.78, 5) is 22.0. The normalized spacial score (nSPS) is 24.0. The molecule has 0 aromatic carbocycles. The Morgan fingerprint density at radius 1 is 1.17 bits per heavy atom. The predicted octanol–water partition coefficient (Wildman–Crippen LogP) is 1.96. The molecule has 2 aromatic rings. The van der Waals surface area contributed by atoms with Crippen LogP contribution in [0.2, 0.25) is 0 Å². The molecular formula is C22H31N5O3. The number of carbonyl (C=O) groups excluding carboxylic acids is 1. The lowest BCUT2D eigenvalue weighted by Crippen LogP contribution is -2.44. The highest BCUT2D eigenvalue weighted by Gasteiger charge is 2.32. The van der Waals surface area contributed by atoms with E-state index in [1.165, 1.54) is 12.8 Å². The maximum absolute atomic E-state index is 12.9. The second-order valence-electron chi connectivity index (χ2n) is 8.68. The highest BCUT2D eigenvalue weighted by atomic mass is 16.5. The molecule has 1 amide bonds. The van der Waals surface area contributed by atoms with Crippen LogP contribution in [0.5, 0.6) is 0 Å². The summed E-state index contributed by atoms with van der Waals surface area (Å²) in [5.74, 6) is 0.504. The zero-order valence-electron chi connectivity index (χ0n) is 17.8. The van der Waals surface area contributed by atoms with Crippen molar-refractivity contribution >= 4 is 11.6 Å². The Hall–Kier alpha value is -2.03. The van der Waals surface area contributed by atoms with Crippen LogP contribution >= 0.6 is 0 Å². The molecule has 30 heavy (non-hydrogen) atoms. The summed E-state index contributed by atoms with van der Waals surface area (Å²) in [6, 6.07) is 1.98. The Morgan fingerprint density at radius 3 is 2.77 bits per heavy atom. The lowest BCUT2D eigenvalue weighted by molar-refractivity contribution is -0.143. The minimum absolute atomic E-state index is 0.176. The molecule has 8 nitrogen and oxygen atoms in total. The zero-order chi connectivity index (χ0) is 20.5. The third kappa shape index (κ3) is 3.84. The maximum Gasteiger partial charge on any atom is 0.225 e. The summed E-state index contributed by atoms with van der Waals surface area (Å²) in [5, 5.41) is 4.81. The quantitative estimate of drug-likeness (QED) is 0.763. The minimum atomic E-state index is -0.176. The van der Waals surface area contributed by atoms with Crippen LogP contribution in [0, 0.1) is 12.8 Å². The van der Waals surface area contributed by atoms with E-state index in [0.29, 0.717) is 25.6 Å². The first-order valence-electron chi connectivity index (χ1n) is 11.2. The van der Waals surface area contributed by atoms with Crippen molar-refractivity contribution in [2.75, 3.05) is 46.0 Å². The number of hydrogen-bond acceptors (Lipinski definition) is 6. The van der Waals surface area contributed by atoms with Gasteiger partial charge >= 0.3 is 0 Å². The van der Waals surface area contributed by atoms with Gasteiger partial charge in [0.2, 0.25) is 5.91 Å². The van der Waals surface area contributed by atoms with Crippen molar-refractivity contribution in [3.63, 3.8) is 0 Å². The summed E-state index contributed by atoms with van der Waals surface area (Å²) < 4.78 is 13.5. The third-order valence-electron chi connectivity index (χ3n) is 6.74. The SMILES string of the molecule is Cc1nn2c([C@@H]3CN(C(=O)C4CCCC4)CCO3)ccnc2c1CN1CCOCC1. The number of fused-ring (bicyclic) bond motifs is 1. The average Bonchev–Trinajstić information content (AvgIpc) is 3.43. The number of carbonyl (C=O) groups is 1. The fraction of sp³-hybridized carbons (Fsp3) is 0.682. The van der Waals surface area contributed by atoms with Crippen LogP contribution in [-0.2, 0) is 20.8 Å². The highest BCUT2D eigenvalue weighted by molar-refractivity contribution is 5.79. The van der Waals surface area contributed by atoms with Crippen molar-refractivity contribution in [2.24, 2.45) is 5.92 Å². The van der Waals surface area contributed by atoms with Crippen LogP contribution < -0.4 is 0 Å². The van der Waals surface area contributed by atoms with Crippen LogP contribution in [0.1, 0.15) is 48.7 Å². The van der Waals surface area contributed by atoms with E-state index in [-0.39, 0.29) is 12.0 Å². The molecular weight excluding hydrogens is 382 g/mol. The third-order valence-corrected chi connectivity index (χ3v) is 6.74. The van der Waals surface area contributed by atoms with Gasteiger partial charge in [0.25, 0.3) is 0 Å². The molecule has 2 saturated heterocycles. The second kappa shape index (κ2) is 8.61. The van der Waals surface area contributed by atoms with Crippen molar-refractivity contribution in [2.45, 2.75) is 45.3 Å². The lowest BCUT2D eigenvalue weighted by atomic mass is 10.1. The Labute approximate surface area is 177 Å². The fourth-order valence-electron chi connectivity index (χ4n) is 4.99. The largest absolute Gasteiger partial charge is 0.379 e. The molecule has 1 atom stereocenters. The van der Waals surface area contributed by atoms with Gasteiger partial charge in [0.05, 0.1) is 37.8 Å². The standard InChI is InChI=1S/C22H31N5O3/c1-16-18(14-25-8-11-29-12-9-25)21-23-7-6-19(27(21)24-16)20-15-26(10-13-30-20)22(28)17-4-2-3-5-17/h6-7,17,20H,2-5,8-15H2,1H3/t20-/m0/s1. The van der Waals surface area contributed by atoms with Gasteiger partial charge in [-0.25, -0.2) is 9.50 Å². The second-order valence-corrected chi connectivity index (χ2v) is 8.68. The Kier molecular flexibility index (Phi) is 5.71. The van der Waals surface area contributed by atoms with Crippen LogP contribution in [0.3, 0.4) is 0 Å². The van der Waals surface area contributed by atoms with Crippen LogP contribution in [0.25, 0.3) is 5.65 Å². The monoisotopic (exact) mass is 413 g/mol. The molecule has 0 radical (unpaired) electrons. The fourth-order valence-corrected chi connectivity index (χ4v) is 4.99. The van der Waals surface area contributed by atoms with E-state index in [9.17, 15) is 4.79 Å². The molecule has 3 aliphatic rings. The van der Waals surface area contributed by atoms with Gasteiger partial charge in [-0.05, 0) is 25.8 Å². The van der Waals surface area contributed by atoms with Crippen molar-refractivity contribution in [1.29, 1.82) is 0 Å². The Bertz CT molecular complexity index is 902. The van der Waals surface area contributed by atoms with E-state index in [4.69, 9.17) is 14.6 Å². The number of amides is 1. The predicted molar refractivity (Wildman–Crippen MR) is 111 cm³/mol. The molecule has 0 N–H and O–H groups in total. The number of morpholine rings is 2. The van der Waals surface area contributed by atoms with Crippen molar-refractivity contribution < 1.29 is 14.3 Å². The molecule has 5 rings (SSSR count). The van der Waals surface area contributed by atoms with Crippen molar-refractivity contribution in [3.8, 4) is 0 Å². The number of ether oxygens (including phenoxy) is 2. The van der Waals surface area contributed by atoms with Gasteiger partial charge < -0.3 is 14.4 Å². The maximum atomic E-state index is 12.9. The first kappa shape index (κ1) is 19.9. The summed E-state index contributed by atoms with van der Waals surface area (Å²) in [6.07, 6.45) is 6.08. The Morgan fingerprint density at radius 2 is 1.97 bits per heavy atom. The van der Waals surface area contributed by atoms with E-state index in [2.05, 4.69) is 9.88 Å². The molecule has 2 aromatic heterocycles. The minimum Gasteiger partial charge on any atom is -0.379 e. The van der Waals surface area contributed by atoms with Crippen LogP contribution in [0.4, 0.5) is 0 Å². The first-order valence-corrected chi connectivity index (χ1v) is 11.2. The molecule has 0 spiro atoms. The molecule has 0 unspecified atom stereocenters. The highest BCUT2D eigenvalue weighted by Crippen LogP contribution is 2.30. The van der Waals surface area contributed by atoms with E-state index in [0.717, 1.165) is 68.3 Å². The van der Waals surface area contributed by atoms with Gasteiger partial charge in [-0.3, -0.25) is 9.69 Å². The van der Waals surface area contributed by atoms with Gasteiger partial charge in [0.1, 0.15) is 6.10 Å². The van der Waals surface area contributed by atoms with Crippen LogP contribution in [-0.4, -0.2) is 76.3 Å². The van der Waals surface area contributed by atoms with Crippen molar-refractivity contribution in [1.82, 2.24) is 24.4 Å². The smallest absolute Gasteiger partial charge is 0.225 e. The average molecular weight is 414 g/mol. The van der Waals surface area contributed by atoms with Crippen molar-refractivity contribution in [3.05, 3.63) is 29.2 Å². The van der Waals surface area contributed by atoms with Gasteiger partial charge in [0.15, 0.2) is 5.65 Å². The van der Waals surface area contributed by atoms with E-state index in [1.54, 1.807) is 0 Å². The Balaban J connectivity index is 1.38. The van der Waals surface area contributed by atoms with Gasteiger partial charge in [-0.2, -0.15) is 5.10 Å². The van der Waals surface area contributed by atoms with E-state index in [1.807, 2.05) is 28.6 Å². The number of rotatable bonds is 4. The summed E-state index contributed by atoms with van der Waals surface area (Å²) in [7, 11) is 0. The van der Waals surface area contributed by atoms with E-state index < -0.39 is 0 Å². The summed E-state index contributed by atoms with van der Waals surface area (Å²) >= 11 is 0. The lowest BCUT2D eigenvalue weighted by Gasteiger charge is -2.34. The van der Waals surface area contributed by atoms with Gasteiger partial charge in [-0.1, -0.05) is 12.8 Å². The number of aromatic nitrogens is 3. The molecule has 4 heterocycles. The molecule has 0 bridgehead atoms. The molecule has 2 aliphatic heterocycles. The molecule has 1 saturated carbocycles. The number of nitrogens with zero attached hydrogens (tertiary/aromatic N) is 5. The zero-order valence-corrected chi connectivity index (χ0v) is 17.8. The molecule has 3 fully saturated rings. The summed E-state index contributed by atoms with van der Waals surface area (Å²) in [6.45, 7) is 8.12. The summed E-state index contributed by atoms with van der Waals surface area (Å²) in [5.41, 5.74) is 4.02. The van der Waals surface area contributed by atoms with Gasteiger partial charge in [0, 0.05) is 43.9 Å². The number of aryl methyl sites for hydroxylation is 1. The van der Waals surface area contributed by atoms with Gasteiger partial charge in [-0.15, -0.1) is 0 Å². The topological polar surface area (TPSA) is 72.2 Å². The number of hydrogen-bond donors (Lipinski definition) is 0. The van der Waals surface area contributed by atoms with Crippen LogP contribution in [0.15, 0.2) is 12.3 Å².